The molecule has 1 aliphatic carbocycles. The summed E-state index contributed by atoms with van der Waals surface area (Å²) in [5.74, 6) is 0. The molecule has 0 radical (unpaired) electrons. The maximum atomic E-state index is 10.8. The Morgan fingerprint density at radius 2 is 1.93 bits per heavy atom. The van der Waals surface area contributed by atoms with Crippen molar-refractivity contribution in [3.05, 3.63) is 92.4 Å². The fraction of sp³-hybridized carbons (Fsp3) is 0.320. The van der Waals surface area contributed by atoms with Crippen molar-refractivity contribution < 1.29 is 5.11 Å². The molecule has 0 amide bonds. The zero-order chi connectivity index (χ0) is 19.8. The van der Waals surface area contributed by atoms with Crippen LogP contribution in [-0.4, -0.2) is 28.1 Å². The maximum Gasteiger partial charge on any atom is 0.0928 e. The zero-order valence-electron chi connectivity index (χ0n) is 16.8. The Hall–Kier alpha value is -2.27. The van der Waals surface area contributed by atoms with E-state index in [-0.39, 0.29) is 0 Å². The van der Waals surface area contributed by atoms with Gasteiger partial charge >= 0.3 is 0 Å². The lowest BCUT2D eigenvalue weighted by atomic mass is 9.87. The fourth-order valence-electron chi connectivity index (χ4n) is 4.75. The molecule has 1 N–H and O–H groups in total. The SMILES string of the molecule is Cc1cncc(CN2CCC(=C3c4ccccc4CC(O)c4sccc43)CC2)c1. The summed E-state index contributed by atoms with van der Waals surface area (Å²) in [7, 11) is 0. The number of benzene rings is 1. The predicted molar refractivity (Wildman–Crippen MR) is 119 cm³/mol. The molecule has 1 unspecified atom stereocenters. The van der Waals surface area contributed by atoms with Crippen LogP contribution in [0.15, 0.2) is 59.7 Å². The van der Waals surface area contributed by atoms with E-state index in [0.717, 1.165) is 37.4 Å². The molecule has 0 spiro atoms. The molecule has 148 valence electrons. The van der Waals surface area contributed by atoms with Gasteiger partial charge in [0.1, 0.15) is 0 Å². The van der Waals surface area contributed by atoms with E-state index in [9.17, 15) is 5.11 Å². The molecule has 0 saturated carbocycles. The molecule has 3 nitrogen and oxygen atoms in total. The van der Waals surface area contributed by atoms with Gasteiger partial charge in [0.15, 0.2) is 0 Å². The molecule has 2 aromatic heterocycles. The third kappa shape index (κ3) is 3.68. The van der Waals surface area contributed by atoms with Crippen molar-refractivity contribution in [2.45, 2.75) is 38.8 Å². The van der Waals surface area contributed by atoms with Crippen molar-refractivity contribution in [1.82, 2.24) is 9.88 Å². The van der Waals surface area contributed by atoms with E-state index >= 15 is 0 Å². The lowest BCUT2D eigenvalue weighted by Crippen LogP contribution is -2.30. The van der Waals surface area contributed by atoms with Crippen LogP contribution >= 0.6 is 11.3 Å². The summed E-state index contributed by atoms with van der Waals surface area (Å²) in [5.41, 5.74) is 9.26. The molecule has 1 fully saturated rings. The van der Waals surface area contributed by atoms with Gasteiger partial charge in [-0.05, 0) is 64.6 Å². The van der Waals surface area contributed by atoms with Crippen LogP contribution in [0.5, 0.6) is 0 Å². The van der Waals surface area contributed by atoms with Gasteiger partial charge in [-0.15, -0.1) is 11.3 Å². The number of aromatic nitrogens is 1. The summed E-state index contributed by atoms with van der Waals surface area (Å²) < 4.78 is 0. The van der Waals surface area contributed by atoms with Crippen molar-refractivity contribution in [2.75, 3.05) is 13.1 Å². The third-order valence-corrected chi connectivity index (χ3v) is 7.14. The van der Waals surface area contributed by atoms with Crippen LogP contribution in [0.25, 0.3) is 5.57 Å². The number of pyridine rings is 1. The number of hydrogen-bond acceptors (Lipinski definition) is 4. The van der Waals surface area contributed by atoms with Crippen molar-refractivity contribution in [3.8, 4) is 0 Å². The number of rotatable bonds is 2. The summed E-state index contributed by atoms with van der Waals surface area (Å²) in [6, 6.07) is 13.1. The van der Waals surface area contributed by atoms with Gasteiger partial charge in [0.05, 0.1) is 6.10 Å². The Labute approximate surface area is 176 Å². The molecule has 2 aliphatic rings. The second-order valence-electron chi connectivity index (χ2n) is 8.20. The summed E-state index contributed by atoms with van der Waals surface area (Å²) >= 11 is 1.69. The highest BCUT2D eigenvalue weighted by Crippen LogP contribution is 2.43. The van der Waals surface area contributed by atoms with Gasteiger partial charge in [-0.3, -0.25) is 9.88 Å². The van der Waals surface area contributed by atoms with Gasteiger partial charge in [0.25, 0.3) is 0 Å². The number of aryl methyl sites for hydroxylation is 1. The minimum absolute atomic E-state index is 0.404. The number of likely N-dealkylation sites (tertiary alicyclic amines) is 1. The Morgan fingerprint density at radius 3 is 2.76 bits per heavy atom. The van der Waals surface area contributed by atoms with Crippen LogP contribution in [0.3, 0.4) is 0 Å². The zero-order valence-corrected chi connectivity index (χ0v) is 17.6. The van der Waals surface area contributed by atoms with E-state index in [4.69, 9.17) is 0 Å². The number of fused-ring (bicyclic) bond motifs is 2. The van der Waals surface area contributed by atoms with Gasteiger partial charge in [-0.25, -0.2) is 0 Å². The highest BCUT2D eigenvalue weighted by atomic mass is 32.1. The standard InChI is InChI=1S/C25H26N2OS/c1-17-12-18(15-26-14-17)16-27-9-6-19(7-10-27)24-21-5-3-2-4-20(21)13-23(28)25-22(24)8-11-29-25/h2-5,8,11-12,14-15,23,28H,6-7,9-10,13,16H2,1H3. The molecule has 1 aliphatic heterocycles. The lowest BCUT2D eigenvalue weighted by Gasteiger charge is -2.30. The fourth-order valence-corrected chi connectivity index (χ4v) is 5.64. The number of thiophene rings is 1. The predicted octanol–water partition coefficient (Wildman–Crippen LogP) is 5.14. The molecular weight excluding hydrogens is 376 g/mol. The quantitative estimate of drug-likeness (QED) is 0.645. The first-order valence-corrected chi connectivity index (χ1v) is 11.3. The van der Waals surface area contributed by atoms with Crippen LogP contribution < -0.4 is 0 Å². The van der Waals surface area contributed by atoms with Gasteiger partial charge in [0.2, 0.25) is 0 Å². The number of hydrogen-bond donors (Lipinski definition) is 1. The van der Waals surface area contributed by atoms with Crippen molar-refractivity contribution in [2.24, 2.45) is 0 Å². The van der Waals surface area contributed by atoms with E-state index in [1.807, 2.05) is 12.4 Å². The molecule has 0 bridgehead atoms. The lowest BCUT2D eigenvalue weighted by molar-refractivity contribution is 0.182. The molecule has 1 atom stereocenters. The van der Waals surface area contributed by atoms with Gasteiger partial charge in [-0.2, -0.15) is 0 Å². The van der Waals surface area contributed by atoms with Crippen LogP contribution in [0.1, 0.15) is 51.6 Å². The third-order valence-electron chi connectivity index (χ3n) is 6.12. The molecular formula is C25H26N2OS. The smallest absolute Gasteiger partial charge is 0.0928 e. The van der Waals surface area contributed by atoms with Crippen LogP contribution in [-0.2, 0) is 13.0 Å². The molecule has 1 aromatic carbocycles. The highest BCUT2D eigenvalue weighted by molar-refractivity contribution is 7.10. The number of aliphatic hydroxyl groups is 1. The van der Waals surface area contributed by atoms with E-state index in [0.29, 0.717) is 6.42 Å². The first-order chi connectivity index (χ1) is 14.2. The van der Waals surface area contributed by atoms with E-state index in [2.05, 4.69) is 58.6 Å². The van der Waals surface area contributed by atoms with E-state index in [1.54, 1.807) is 11.3 Å². The molecule has 3 heterocycles. The topological polar surface area (TPSA) is 36.4 Å². The van der Waals surface area contributed by atoms with E-state index in [1.165, 1.54) is 39.0 Å². The minimum Gasteiger partial charge on any atom is -0.387 e. The summed E-state index contributed by atoms with van der Waals surface area (Å²) in [6.45, 7) is 5.20. The summed E-state index contributed by atoms with van der Waals surface area (Å²) in [6.07, 6.45) is 6.36. The Balaban J connectivity index is 1.46. The minimum atomic E-state index is -0.404. The average molecular weight is 403 g/mol. The van der Waals surface area contributed by atoms with Gasteiger partial charge < -0.3 is 5.11 Å². The van der Waals surface area contributed by atoms with Gasteiger partial charge in [-0.1, -0.05) is 35.9 Å². The first-order valence-electron chi connectivity index (χ1n) is 10.4. The van der Waals surface area contributed by atoms with Crippen LogP contribution in [0.4, 0.5) is 0 Å². The maximum absolute atomic E-state index is 10.8. The normalized spacial score (nSPS) is 19.6. The second-order valence-corrected chi connectivity index (χ2v) is 9.15. The largest absolute Gasteiger partial charge is 0.387 e. The molecule has 5 rings (SSSR count). The number of piperidine rings is 1. The number of nitrogens with zero attached hydrogens (tertiary/aromatic N) is 2. The average Bonchev–Trinajstić information content (AvgIpc) is 3.16. The monoisotopic (exact) mass is 402 g/mol. The Kier molecular flexibility index (Phi) is 5.08. The summed E-state index contributed by atoms with van der Waals surface area (Å²) in [5, 5.41) is 12.9. The summed E-state index contributed by atoms with van der Waals surface area (Å²) in [4.78, 5) is 8.00. The molecule has 3 aromatic rings. The van der Waals surface area contributed by atoms with Crippen molar-refractivity contribution in [1.29, 1.82) is 0 Å². The van der Waals surface area contributed by atoms with Crippen LogP contribution in [0.2, 0.25) is 0 Å². The highest BCUT2D eigenvalue weighted by Gasteiger charge is 2.28. The molecule has 29 heavy (non-hydrogen) atoms. The Morgan fingerprint density at radius 1 is 1.10 bits per heavy atom. The van der Waals surface area contributed by atoms with Crippen LogP contribution in [0, 0.1) is 6.92 Å². The Bertz CT molecular complexity index is 1060. The molecule has 1 saturated heterocycles. The van der Waals surface area contributed by atoms with Crippen molar-refractivity contribution >= 4 is 16.9 Å². The first kappa shape index (κ1) is 18.7. The second kappa shape index (κ2) is 7.86. The van der Waals surface area contributed by atoms with E-state index < -0.39 is 6.10 Å². The number of aliphatic hydroxyl groups excluding tert-OH is 1. The molecule has 4 heteroatoms. The van der Waals surface area contributed by atoms with Crippen molar-refractivity contribution in [3.63, 3.8) is 0 Å². The van der Waals surface area contributed by atoms with Gasteiger partial charge in [0, 0.05) is 43.3 Å².